The Morgan fingerprint density at radius 3 is 2.46 bits per heavy atom. The third-order valence-electron chi connectivity index (χ3n) is 4.50. The van der Waals surface area contributed by atoms with Crippen LogP contribution in [0, 0.1) is 0 Å². The summed E-state index contributed by atoms with van der Waals surface area (Å²) in [6, 6.07) is 3.02. The standard InChI is InChI=1S/C16H19N3O5S.Na/c1-16(2)11(15(23)24)19-13(22)10(14(19)25-16)18-12(21)9(17)7-3-5-8(20)6-4-7;/h3-6,9-11,14,20H,17H2,1-2H3,(H,18,21)(H,23,24);/q;+1/p-1/t9-,10-,11-,14-;/m1./s1. The molecule has 10 heteroatoms. The van der Waals surface area contributed by atoms with Gasteiger partial charge in [-0.25, -0.2) is 0 Å². The van der Waals surface area contributed by atoms with Crippen molar-refractivity contribution in [3.05, 3.63) is 29.8 Å². The van der Waals surface area contributed by atoms with Crippen molar-refractivity contribution < 1.29 is 54.2 Å². The number of carbonyl (C=O) groups is 3. The second-order valence-electron chi connectivity index (χ2n) is 6.63. The monoisotopic (exact) mass is 387 g/mol. The number of carboxylic acids is 1. The van der Waals surface area contributed by atoms with Crippen LogP contribution in [-0.4, -0.2) is 50.0 Å². The number of aliphatic carboxylic acids is 1. The van der Waals surface area contributed by atoms with E-state index in [0.717, 1.165) is 0 Å². The van der Waals surface area contributed by atoms with Gasteiger partial charge in [0.05, 0.1) is 12.0 Å². The maximum atomic E-state index is 12.3. The van der Waals surface area contributed by atoms with Crippen LogP contribution in [0.3, 0.4) is 0 Å². The van der Waals surface area contributed by atoms with E-state index in [9.17, 15) is 24.6 Å². The molecular weight excluding hydrogens is 369 g/mol. The Labute approximate surface area is 176 Å². The molecule has 0 bridgehead atoms. The van der Waals surface area contributed by atoms with Gasteiger partial charge in [-0.15, -0.1) is 11.8 Å². The van der Waals surface area contributed by atoms with Gasteiger partial charge in [-0.1, -0.05) is 12.1 Å². The van der Waals surface area contributed by atoms with Crippen LogP contribution in [0.4, 0.5) is 0 Å². The van der Waals surface area contributed by atoms with E-state index in [1.54, 1.807) is 13.8 Å². The summed E-state index contributed by atoms with van der Waals surface area (Å²) < 4.78 is -0.711. The number of amides is 2. The molecule has 134 valence electrons. The zero-order valence-corrected chi connectivity index (χ0v) is 17.4. The Bertz CT molecular complexity index is 742. The minimum absolute atomic E-state index is 0. The van der Waals surface area contributed by atoms with Crippen molar-refractivity contribution in [1.29, 1.82) is 0 Å². The predicted octanol–water partition coefficient (Wildman–Crippen LogP) is -4.31. The number of β-lactam (4-membered cyclic amide) rings is 1. The average Bonchev–Trinajstić information content (AvgIpc) is 2.80. The minimum atomic E-state index is -1.31. The summed E-state index contributed by atoms with van der Waals surface area (Å²) in [5, 5.41) is 22.8. The molecule has 3 rings (SSSR count). The molecule has 2 fully saturated rings. The number of rotatable bonds is 4. The van der Waals surface area contributed by atoms with E-state index in [2.05, 4.69) is 5.32 Å². The molecular formula is C16H18N3NaO5S. The zero-order chi connectivity index (χ0) is 18.5. The van der Waals surface area contributed by atoms with Crippen LogP contribution in [0.15, 0.2) is 24.3 Å². The van der Waals surface area contributed by atoms with E-state index >= 15 is 0 Å². The molecule has 2 saturated heterocycles. The molecule has 4 N–H and O–H groups in total. The number of nitrogens with two attached hydrogens (primary N) is 1. The van der Waals surface area contributed by atoms with E-state index in [0.29, 0.717) is 5.56 Å². The first-order chi connectivity index (χ1) is 11.6. The van der Waals surface area contributed by atoms with Crippen molar-refractivity contribution in [3.8, 4) is 5.75 Å². The fraction of sp³-hybridized carbons (Fsp3) is 0.438. The Morgan fingerprint density at radius 1 is 1.35 bits per heavy atom. The first-order valence-electron chi connectivity index (χ1n) is 7.69. The van der Waals surface area contributed by atoms with Crippen molar-refractivity contribution >= 4 is 29.5 Å². The van der Waals surface area contributed by atoms with Gasteiger partial charge in [0, 0.05) is 4.75 Å². The third kappa shape index (κ3) is 3.46. The fourth-order valence-electron chi connectivity index (χ4n) is 3.20. The summed E-state index contributed by atoms with van der Waals surface area (Å²) in [5.41, 5.74) is 6.39. The van der Waals surface area contributed by atoms with Crippen molar-refractivity contribution in [2.75, 3.05) is 0 Å². The first-order valence-corrected chi connectivity index (χ1v) is 8.57. The Morgan fingerprint density at radius 2 is 1.92 bits per heavy atom. The minimum Gasteiger partial charge on any atom is -0.548 e. The molecule has 26 heavy (non-hydrogen) atoms. The summed E-state index contributed by atoms with van der Waals surface area (Å²) in [5.74, 6) is -2.25. The van der Waals surface area contributed by atoms with Crippen LogP contribution in [0.25, 0.3) is 0 Å². The van der Waals surface area contributed by atoms with E-state index in [4.69, 9.17) is 5.73 Å². The maximum absolute atomic E-state index is 12.3. The van der Waals surface area contributed by atoms with Crippen molar-refractivity contribution in [1.82, 2.24) is 10.2 Å². The normalized spacial score (nSPS) is 27.0. The van der Waals surface area contributed by atoms with Gasteiger partial charge < -0.3 is 31.0 Å². The van der Waals surface area contributed by atoms with Crippen molar-refractivity contribution in [2.24, 2.45) is 5.73 Å². The molecule has 8 nitrogen and oxygen atoms in total. The molecule has 4 atom stereocenters. The van der Waals surface area contributed by atoms with Gasteiger partial charge in [-0.05, 0) is 31.5 Å². The quantitative estimate of drug-likeness (QED) is 0.351. The van der Waals surface area contributed by atoms with E-state index in [-0.39, 0.29) is 35.3 Å². The predicted molar refractivity (Wildman–Crippen MR) is 88.1 cm³/mol. The topological polar surface area (TPSA) is 136 Å². The Kier molecular flexibility index (Phi) is 5.99. The molecule has 0 unspecified atom stereocenters. The second kappa shape index (κ2) is 7.40. The third-order valence-corrected chi connectivity index (χ3v) is 6.07. The van der Waals surface area contributed by atoms with Gasteiger partial charge in [-0.3, -0.25) is 9.59 Å². The molecule has 0 aliphatic carbocycles. The van der Waals surface area contributed by atoms with Gasteiger partial charge in [0.25, 0.3) is 0 Å². The second-order valence-corrected chi connectivity index (χ2v) is 8.41. The zero-order valence-electron chi connectivity index (χ0n) is 14.6. The summed E-state index contributed by atoms with van der Waals surface area (Å²) >= 11 is 1.31. The SMILES string of the molecule is CC1(C)S[C@@H]2[C@H](NC(=O)[C@H](N)c3ccc(O)cc3)C(=O)N2[C@@H]1C(=O)[O-].[Na+]. The molecule has 0 aromatic heterocycles. The van der Waals surface area contributed by atoms with E-state index < -0.39 is 46.0 Å². The number of phenols is 1. The summed E-state index contributed by atoms with van der Waals surface area (Å²) in [4.78, 5) is 37.3. The van der Waals surface area contributed by atoms with E-state index in [1.807, 2.05) is 0 Å². The summed E-state index contributed by atoms with van der Waals surface area (Å²) in [6.45, 7) is 3.45. The first kappa shape index (κ1) is 21.0. The van der Waals surface area contributed by atoms with Crippen LogP contribution in [-0.2, 0) is 14.4 Å². The van der Waals surface area contributed by atoms with Crippen LogP contribution in [0.2, 0.25) is 0 Å². The maximum Gasteiger partial charge on any atom is 1.00 e. The number of carbonyl (C=O) groups excluding carboxylic acids is 3. The van der Waals surface area contributed by atoms with Crippen molar-refractivity contribution in [3.63, 3.8) is 0 Å². The Hall–Kier alpha value is -1.26. The van der Waals surface area contributed by atoms with Gasteiger partial charge in [0.2, 0.25) is 11.8 Å². The molecule has 0 saturated carbocycles. The molecule has 2 aliphatic heterocycles. The van der Waals surface area contributed by atoms with Gasteiger partial charge in [-0.2, -0.15) is 0 Å². The summed E-state index contributed by atoms with van der Waals surface area (Å²) in [6.07, 6.45) is 0. The molecule has 2 amide bonds. The Balaban J connectivity index is 0.00000243. The number of benzene rings is 1. The largest absolute Gasteiger partial charge is 1.00 e. The van der Waals surface area contributed by atoms with Gasteiger partial charge in [0.1, 0.15) is 23.2 Å². The number of fused-ring (bicyclic) bond motifs is 1. The van der Waals surface area contributed by atoms with Gasteiger partial charge in [0.15, 0.2) is 0 Å². The molecule has 1 aromatic rings. The van der Waals surface area contributed by atoms with Gasteiger partial charge >= 0.3 is 29.6 Å². The molecule has 2 heterocycles. The fourth-order valence-corrected chi connectivity index (χ4v) is 4.82. The smallest absolute Gasteiger partial charge is 0.548 e. The van der Waals surface area contributed by atoms with Crippen LogP contribution >= 0.6 is 11.8 Å². The average molecular weight is 387 g/mol. The number of nitrogens with one attached hydrogen (secondary N) is 1. The van der Waals surface area contributed by atoms with Crippen molar-refractivity contribution in [2.45, 2.75) is 42.1 Å². The van der Waals surface area contributed by atoms with E-state index in [1.165, 1.54) is 40.9 Å². The van der Waals surface area contributed by atoms with Crippen LogP contribution in [0.5, 0.6) is 5.75 Å². The number of aromatic hydroxyl groups is 1. The molecule has 2 aliphatic rings. The van der Waals surface area contributed by atoms with Crippen LogP contribution < -0.4 is 45.7 Å². The molecule has 0 spiro atoms. The number of hydrogen-bond acceptors (Lipinski definition) is 7. The number of carboxylic acid groups (broad SMARTS) is 1. The number of nitrogens with zero attached hydrogens (tertiary/aromatic N) is 1. The van der Waals surface area contributed by atoms with Crippen LogP contribution in [0.1, 0.15) is 25.5 Å². The number of thioether (sulfide) groups is 1. The molecule has 1 aromatic carbocycles. The number of phenolic OH excluding ortho intramolecular Hbond substituents is 1. The summed E-state index contributed by atoms with van der Waals surface area (Å²) in [7, 11) is 0. The number of hydrogen-bond donors (Lipinski definition) is 3. The molecule has 0 radical (unpaired) electrons.